The summed E-state index contributed by atoms with van der Waals surface area (Å²) in [6.07, 6.45) is 2.08. The van der Waals surface area contributed by atoms with Gasteiger partial charge >= 0.3 is 3.14 Å². The first-order chi connectivity index (χ1) is 6.40. The van der Waals surface area contributed by atoms with Crippen LogP contribution in [0.4, 0.5) is 0 Å². The van der Waals surface area contributed by atoms with Gasteiger partial charge < -0.3 is 0 Å². The van der Waals surface area contributed by atoms with Gasteiger partial charge in [0.25, 0.3) is 0 Å². The number of hydrogen-bond donors (Lipinski definition) is 0. The average Bonchev–Trinajstić information content (AvgIpc) is 2.67. The summed E-state index contributed by atoms with van der Waals surface area (Å²) in [5, 5.41) is 1.12. The van der Waals surface area contributed by atoms with Crippen LogP contribution in [0.15, 0.2) is 30.3 Å². The first kappa shape index (κ1) is 8.99. The summed E-state index contributed by atoms with van der Waals surface area (Å²) in [5.74, 6) is 0. The molecule has 0 amide bonds. The largest absolute Gasteiger partial charge is 0.352 e. The van der Waals surface area contributed by atoms with Crippen LogP contribution in [0.2, 0.25) is 0 Å². The van der Waals surface area contributed by atoms with E-state index in [4.69, 9.17) is 0 Å². The Kier molecular flexibility index (Phi) is 2.83. The third-order valence-electron chi connectivity index (χ3n) is 1.57. The maximum atomic E-state index is 4.40. The van der Waals surface area contributed by atoms with Gasteiger partial charge in [-0.25, -0.2) is 0 Å². The Morgan fingerprint density at radius 1 is 1.23 bits per heavy atom. The van der Waals surface area contributed by atoms with Gasteiger partial charge in [-0.2, -0.15) is 4.37 Å². The standard InChI is InChI=1S/C9H8NS3/c1-11-9-12-8(10-13-9)7-5-3-2-4-6-7/h2-6H,1H3/q+1. The fourth-order valence-electron chi connectivity index (χ4n) is 0.966. The highest BCUT2D eigenvalue weighted by molar-refractivity contribution is 7.74. The predicted octanol–water partition coefficient (Wildman–Crippen LogP) is 3.12. The summed E-state index contributed by atoms with van der Waals surface area (Å²) in [5.41, 5.74) is 1.21. The minimum Gasteiger partial charge on any atom is -0.175 e. The molecule has 0 radical (unpaired) electrons. The van der Waals surface area contributed by atoms with E-state index in [9.17, 15) is 0 Å². The van der Waals surface area contributed by atoms with Crippen molar-refractivity contribution < 1.29 is 0 Å². The topological polar surface area (TPSA) is 12.9 Å². The van der Waals surface area contributed by atoms with Crippen LogP contribution in [0.1, 0.15) is 0 Å². The van der Waals surface area contributed by atoms with E-state index in [2.05, 4.69) is 22.8 Å². The first-order valence-electron chi connectivity index (χ1n) is 3.79. The van der Waals surface area contributed by atoms with Crippen molar-refractivity contribution in [3.8, 4) is 10.6 Å². The van der Waals surface area contributed by atoms with Gasteiger partial charge in [0.05, 0.1) is 0 Å². The fraction of sp³-hybridized carbons (Fsp3) is 0.111. The molecule has 66 valence electrons. The van der Waals surface area contributed by atoms with Crippen molar-refractivity contribution in [1.82, 2.24) is 4.37 Å². The summed E-state index contributed by atoms with van der Waals surface area (Å²) in [6.45, 7) is 0. The molecule has 0 bridgehead atoms. The summed E-state index contributed by atoms with van der Waals surface area (Å²) in [6, 6.07) is 10.3. The van der Waals surface area contributed by atoms with Crippen LogP contribution < -0.4 is 0 Å². The monoisotopic (exact) mass is 226 g/mol. The second-order valence-corrected chi connectivity index (χ2v) is 5.77. The van der Waals surface area contributed by atoms with Gasteiger partial charge in [0.1, 0.15) is 5.01 Å². The smallest absolute Gasteiger partial charge is 0.175 e. The molecule has 2 rings (SSSR count). The van der Waals surface area contributed by atoms with Gasteiger partial charge in [0.2, 0.25) is 11.4 Å². The molecule has 0 saturated heterocycles. The first-order valence-corrected chi connectivity index (χ1v) is 6.61. The lowest BCUT2D eigenvalue weighted by Gasteiger charge is -1.90. The van der Waals surface area contributed by atoms with Crippen LogP contribution >= 0.6 is 22.9 Å². The summed E-state index contributed by atoms with van der Waals surface area (Å²) < 4.78 is 5.70. The molecule has 2 aromatic rings. The molecule has 4 heteroatoms. The molecule has 0 spiro atoms. The SMILES string of the molecule is C[S+]=c1snc(-c2ccccc2)s1. The zero-order valence-electron chi connectivity index (χ0n) is 7.06. The van der Waals surface area contributed by atoms with Gasteiger partial charge in [-0.15, -0.1) is 0 Å². The predicted molar refractivity (Wildman–Crippen MR) is 62.0 cm³/mol. The summed E-state index contributed by atoms with van der Waals surface area (Å²) in [4.78, 5) is 0. The van der Waals surface area contributed by atoms with Gasteiger partial charge in [-0.1, -0.05) is 30.3 Å². The van der Waals surface area contributed by atoms with Crippen LogP contribution in [0.5, 0.6) is 0 Å². The number of hydrogen-bond acceptors (Lipinski definition) is 3. The molecule has 0 fully saturated rings. The lowest BCUT2D eigenvalue weighted by molar-refractivity contribution is 1.57. The molecule has 0 aliphatic rings. The van der Waals surface area contributed by atoms with Crippen LogP contribution in [-0.2, 0) is 11.4 Å². The second-order valence-electron chi connectivity index (χ2n) is 2.41. The average molecular weight is 226 g/mol. The van der Waals surface area contributed by atoms with E-state index >= 15 is 0 Å². The van der Waals surface area contributed by atoms with E-state index in [1.54, 1.807) is 34.2 Å². The third kappa shape index (κ3) is 2.02. The molecule has 13 heavy (non-hydrogen) atoms. The normalized spacial score (nSPS) is 11.9. The Labute approximate surface area is 88.8 Å². The van der Waals surface area contributed by atoms with Gasteiger partial charge in [0.15, 0.2) is 6.26 Å². The highest BCUT2D eigenvalue weighted by Gasteiger charge is 2.04. The van der Waals surface area contributed by atoms with Crippen LogP contribution in [-0.4, -0.2) is 10.6 Å². The third-order valence-corrected chi connectivity index (χ3v) is 5.08. The Morgan fingerprint density at radius 3 is 2.62 bits per heavy atom. The van der Waals surface area contributed by atoms with Crippen LogP contribution in [0.3, 0.4) is 0 Å². The Balaban J connectivity index is 2.48. The van der Waals surface area contributed by atoms with Crippen molar-refractivity contribution in [2.45, 2.75) is 0 Å². The maximum Gasteiger partial charge on any atom is 0.352 e. The number of nitrogens with zero attached hydrogens (tertiary/aromatic N) is 1. The minimum atomic E-state index is 1.12. The van der Waals surface area contributed by atoms with Crippen molar-refractivity contribution >= 4 is 34.2 Å². The van der Waals surface area contributed by atoms with E-state index in [0.29, 0.717) is 0 Å². The lowest BCUT2D eigenvalue weighted by Crippen LogP contribution is -1.70. The van der Waals surface area contributed by atoms with E-state index in [1.807, 2.05) is 18.2 Å². The van der Waals surface area contributed by atoms with E-state index in [-0.39, 0.29) is 0 Å². The highest BCUT2D eigenvalue weighted by Crippen LogP contribution is 2.24. The minimum absolute atomic E-state index is 1.12. The second kappa shape index (κ2) is 4.09. The molecule has 0 N–H and O–H groups in total. The van der Waals surface area contributed by atoms with Crippen molar-refractivity contribution in [2.75, 3.05) is 6.26 Å². The molecular weight excluding hydrogens is 218 g/mol. The van der Waals surface area contributed by atoms with Crippen LogP contribution in [0, 0.1) is 3.14 Å². The Hall–Kier alpha value is -0.580. The zero-order chi connectivity index (χ0) is 9.10. The summed E-state index contributed by atoms with van der Waals surface area (Å²) >= 11 is 5.09. The molecule has 0 atom stereocenters. The molecular formula is C9H8NS3+. The number of aromatic nitrogens is 1. The van der Waals surface area contributed by atoms with Crippen molar-refractivity contribution in [3.63, 3.8) is 0 Å². The molecule has 1 aromatic heterocycles. The highest BCUT2D eigenvalue weighted by atomic mass is 32.2. The van der Waals surface area contributed by atoms with Gasteiger partial charge in [-0.3, -0.25) is 0 Å². The van der Waals surface area contributed by atoms with Crippen molar-refractivity contribution in [1.29, 1.82) is 0 Å². The van der Waals surface area contributed by atoms with E-state index in [0.717, 1.165) is 5.01 Å². The maximum absolute atomic E-state index is 4.40. The van der Waals surface area contributed by atoms with Crippen molar-refractivity contribution in [3.05, 3.63) is 33.5 Å². The molecule has 0 aliphatic heterocycles. The fourth-order valence-corrected chi connectivity index (χ4v) is 3.38. The molecule has 1 aromatic carbocycles. The van der Waals surface area contributed by atoms with E-state index in [1.165, 1.54) is 8.70 Å². The van der Waals surface area contributed by atoms with Crippen LogP contribution in [0.25, 0.3) is 10.6 Å². The quantitative estimate of drug-likeness (QED) is 0.538. The Morgan fingerprint density at radius 2 is 2.00 bits per heavy atom. The molecule has 0 aliphatic carbocycles. The molecule has 1 heterocycles. The van der Waals surface area contributed by atoms with Crippen molar-refractivity contribution in [2.24, 2.45) is 0 Å². The molecule has 0 unspecified atom stereocenters. The van der Waals surface area contributed by atoms with E-state index < -0.39 is 0 Å². The summed E-state index contributed by atoms with van der Waals surface area (Å²) in [7, 11) is 0. The molecule has 0 saturated carbocycles. The number of rotatable bonds is 1. The van der Waals surface area contributed by atoms with Gasteiger partial charge in [-0.05, 0) is 11.3 Å². The Bertz CT molecular complexity index is 441. The lowest BCUT2D eigenvalue weighted by atomic mass is 10.2. The van der Waals surface area contributed by atoms with Gasteiger partial charge in [0, 0.05) is 17.1 Å². The molecule has 1 nitrogen and oxygen atoms in total. The number of benzene rings is 1. The zero-order valence-corrected chi connectivity index (χ0v) is 9.51.